The molecule has 0 aliphatic heterocycles. The highest BCUT2D eigenvalue weighted by Crippen LogP contribution is 2.37. The number of halogens is 5. The summed E-state index contributed by atoms with van der Waals surface area (Å²) in [7, 11) is 0. The molecular weight excluding hydrogens is 423 g/mol. The maximum Gasteiger partial charge on any atom is 0.573 e. The molecule has 2 aromatic carbocycles. The van der Waals surface area contributed by atoms with Crippen LogP contribution in [0.3, 0.4) is 0 Å². The van der Waals surface area contributed by atoms with Gasteiger partial charge in [-0.3, -0.25) is 0 Å². The first kappa shape index (κ1) is 24.5. The molecule has 0 saturated carbocycles. The van der Waals surface area contributed by atoms with Crippen LogP contribution in [-0.2, 0) is 25.7 Å². The van der Waals surface area contributed by atoms with E-state index in [1.807, 2.05) is 0 Å². The van der Waals surface area contributed by atoms with Crippen molar-refractivity contribution in [2.24, 2.45) is 5.92 Å². The van der Waals surface area contributed by atoms with Crippen LogP contribution in [0.1, 0.15) is 74.1 Å². The Bertz CT molecular complexity index is 873. The van der Waals surface area contributed by atoms with Crippen molar-refractivity contribution in [1.29, 1.82) is 0 Å². The predicted octanol–water partition coefficient (Wildman–Crippen LogP) is 8.11. The van der Waals surface area contributed by atoms with Crippen molar-refractivity contribution in [3.05, 3.63) is 64.2 Å². The molecule has 1 unspecified atom stereocenters. The van der Waals surface area contributed by atoms with Crippen molar-refractivity contribution in [3.8, 4) is 5.75 Å². The van der Waals surface area contributed by atoms with E-state index in [9.17, 15) is 22.0 Å². The summed E-state index contributed by atoms with van der Waals surface area (Å²) < 4.78 is 69.4. The summed E-state index contributed by atoms with van der Waals surface area (Å²) >= 11 is 0. The highest BCUT2D eigenvalue weighted by atomic mass is 19.4. The fraction of sp³-hybridized carbons (Fsp3) is 0.538. The molecule has 0 radical (unpaired) electrons. The second-order valence-corrected chi connectivity index (χ2v) is 8.82. The van der Waals surface area contributed by atoms with Crippen LogP contribution in [0.4, 0.5) is 22.0 Å². The van der Waals surface area contributed by atoms with E-state index in [0.717, 1.165) is 25.3 Å². The third kappa shape index (κ3) is 6.94. The molecule has 0 heterocycles. The summed E-state index contributed by atoms with van der Waals surface area (Å²) in [5.41, 5.74) is 3.17. The zero-order valence-corrected chi connectivity index (χ0v) is 18.5. The lowest BCUT2D eigenvalue weighted by atomic mass is 9.80. The summed E-state index contributed by atoms with van der Waals surface area (Å²) in [6, 6.07) is 9.66. The van der Waals surface area contributed by atoms with Gasteiger partial charge in [-0.05, 0) is 79.2 Å². The topological polar surface area (TPSA) is 9.23 Å². The summed E-state index contributed by atoms with van der Waals surface area (Å²) in [5, 5.41) is 0. The van der Waals surface area contributed by atoms with Gasteiger partial charge in [0.25, 0.3) is 0 Å². The fourth-order valence-electron chi connectivity index (χ4n) is 4.53. The summed E-state index contributed by atoms with van der Waals surface area (Å²) in [5.74, 6) is -3.63. The van der Waals surface area contributed by atoms with Gasteiger partial charge in [0.15, 0.2) is 11.6 Å². The SMILES string of the molecule is CCCCCCCc1ccc(CCC2CCc3c(cc(F)c(OC(F)(F)F)c3F)C2)cc1. The van der Waals surface area contributed by atoms with E-state index in [4.69, 9.17) is 0 Å². The standard InChI is InChI=1S/C26H31F5O/c1-2-3-4-5-6-7-18-8-10-19(11-9-18)12-13-20-14-15-22-21(16-20)17-23(27)25(24(22)28)32-26(29,30)31/h8-11,17,20H,2-7,12-16H2,1H3. The van der Waals surface area contributed by atoms with E-state index in [-0.39, 0.29) is 17.9 Å². The van der Waals surface area contributed by atoms with Gasteiger partial charge in [-0.15, -0.1) is 13.2 Å². The van der Waals surface area contributed by atoms with Crippen LogP contribution in [0.25, 0.3) is 0 Å². The van der Waals surface area contributed by atoms with Crippen molar-refractivity contribution in [3.63, 3.8) is 0 Å². The van der Waals surface area contributed by atoms with Crippen molar-refractivity contribution >= 4 is 0 Å². The average Bonchev–Trinajstić information content (AvgIpc) is 2.75. The first-order valence-corrected chi connectivity index (χ1v) is 11.6. The van der Waals surface area contributed by atoms with Gasteiger partial charge in [-0.25, -0.2) is 8.78 Å². The molecule has 0 aromatic heterocycles. The van der Waals surface area contributed by atoms with Crippen LogP contribution in [-0.4, -0.2) is 6.36 Å². The minimum Gasteiger partial charge on any atom is -0.399 e. The number of unbranched alkanes of at least 4 members (excludes halogenated alkanes) is 4. The van der Waals surface area contributed by atoms with Gasteiger partial charge in [-0.2, -0.15) is 0 Å². The molecule has 3 rings (SSSR count). The third-order valence-corrected chi connectivity index (χ3v) is 6.33. The van der Waals surface area contributed by atoms with Crippen molar-refractivity contribution in [2.75, 3.05) is 0 Å². The highest BCUT2D eigenvalue weighted by Gasteiger charge is 2.36. The lowest BCUT2D eigenvalue weighted by Gasteiger charge is -2.26. The Balaban J connectivity index is 1.52. The molecule has 0 saturated heterocycles. The smallest absolute Gasteiger partial charge is 0.399 e. The number of rotatable bonds is 10. The van der Waals surface area contributed by atoms with Crippen LogP contribution >= 0.6 is 0 Å². The normalized spacial score (nSPS) is 16.1. The molecule has 0 amide bonds. The second kappa shape index (κ2) is 11.2. The lowest BCUT2D eigenvalue weighted by Crippen LogP contribution is -2.22. The fourth-order valence-corrected chi connectivity index (χ4v) is 4.53. The number of benzene rings is 2. The molecule has 0 spiro atoms. The zero-order chi connectivity index (χ0) is 23.1. The monoisotopic (exact) mass is 454 g/mol. The van der Waals surface area contributed by atoms with Crippen LogP contribution < -0.4 is 4.74 Å². The number of ether oxygens (including phenoxy) is 1. The van der Waals surface area contributed by atoms with E-state index < -0.39 is 23.7 Å². The first-order chi connectivity index (χ1) is 15.3. The Kier molecular flexibility index (Phi) is 8.55. The zero-order valence-electron chi connectivity index (χ0n) is 18.5. The summed E-state index contributed by atoms with van der Waals surface area (Å²) in [6.45, 7) is 2.21. The van der Waals surface area contributed by atoms with Crippen LogP contribution in [0, 0.1) is 17.6 Å². The van der Waals surface area contributed by atoms with E-state index in [1.165, 1.54) is 43.2 Å². The maximum absolute atomic E-state index is 14.4. The quantitative estimate of drug-likeness (QED) is 0.260. The van der Waals surface area contributed by atoms with Crippen LogP contribution in [0.5, 0.6) is 5.75 Å². The molecule has 176 valence electrons. The molecule has 1 nitrogen and oxygen atoms in total. The Morgan fingerprint density at radius 2 is 1.59 bits per heavy atom. The van der Waals surface area contributed by atoms with Gasteiger partial charge in [-0.1, -0.05) is 56.9 Å². The number of alkyl halides is 3. The second-order valence-electron chi connectivity index (χ2n) is 8.82. The van der Waals surface area contributed by atoms with Crippen molar-refractivity contribution in [2.45, 2.75) is 83.9 Å². The van der Waals surface area contributed by atoms with E-state index in [0.29, 0.717) is 18.4 Å². The third-order valence-electron chi connectivity index (χ3n) is 6.33. The van der Waals surface area contributed by atoms with Gasteiger partial charge in [0.1, 0.15) is 0 Å². The molecule has 1 atom stereocenters. The molecule has 32 heavy (non-hydrogen) atoms. The minimum absolute atomic E-state index is 0.144. The summed E-state index contributed by atoms with van der Waals surface area (Å²) in [4.78, 5) is 0. The summed E-state index contributed by atoms with van der Waals surface area (Å²) in [6.07, 6.45) is 5.46. The number of hydrogen-bond donors (Lipinski definition) is 0. The van der Waals surface area contributed by atoms with Crippen LogP contribution in [0.2, 0.25) is 0 Å². The van der Waals surface area contributed by atoms with Crippen molar-refractivity contribution in [1.82, 2.24) is 0 Å². The lowest BCUT2D eigenvalue weighted by molar-refractivity contribution is -0.276. The van der Waals surface area contributed by atoms with Gasteiger partial charge in [0.05, 0.1) is 0 Å². The number of aryl methyl sites for hydroxylation is 2. The largest absolute Gasteiger partial charge is 0.573 e. The van der Waals surface area contributed by atoms with E-state index in [2.05, 4.69) is 35.9 Å². The van der Waals surface area contributed by atoms with E-state index in [1.54, 1.807) is 0 Å². The molecule has 1 aliphatic rings. The van der Waals surface area contributed by atoms with Crippen LogP contribution in [0.15, 0.2) is 30.3 Å². The molecule has 6 heteroatoms. The molecule has 0 bridgehead atoms. The Labute approximate surface area is 187 Å². The molecule has 0 fully saturated rings. The Hall–Kier alpha value is -2.11. The maximum atomic E-state index is 14.4. The minimum atomic E-state index is -5.13. The van der Waals surface area contributed by atoms with E-state index >= 15 is 0 Å². The predicted molar refractivity (Wildman–Crippen MR) is 116 cm³/mol. The molecule has 2 aromatic rings. The number of hydrogen-bond acceptors (Lipinski definition) is 1. The van der Waals surface area contributed by atoms with Gasteiger partial charge in [0, 0.05) is 0 Å². The van der Waals surface area contributed by atoms with Crippen molar-refractivity contribution < 1.29 is 26.7 Å². The van der Waals surface area contributed by atoms with Gasteiger partial charge >= 0.3 is 6.36 Å². The van der Waals surface area contributed by atoms with Gasteiger partial charge in [0.2, 0.25) is 5.75 Å². The average molecular weight is 455 g/mol. The molecule has 1 aliphatic carbocycles. The first-order valence-electron chi connectivity index (χ1n) is 11.6. The van der Waals surface area contributed by atoms with Gasteiger partial charge < -0.3 is 4.74 Å². The number of fused-ring (bicyclic) bond motifs is 1. The Morgan fingerprint density at radius 1 is 0.938 bits per heavy atom. The molecular formula is C26H31F5O. The Morgan fingerprint density at radius 3 is 2.25 bits per heavy atom. The molecule has 0 N–H and O–H groups in total. The highest BCUT2D eigenvalue weighted by molar-refractivity contribution is 5.41.